The molecule has 2 heteroatoms. The molecule has 0 N–H and O–H groups in total. The Kier molecular flexibility index (Phi) is 7.30. The highest BCUT2D eigenvalue weighted by molar-refractivity contribution is 5.65. The van der Waals surface area contributed by atoms with Gasteiger partial charge in [-0.1, -0.05) is 76.4 Å². The molecule has 0 aromatic heterocycles. The predicted octanol–water partition coefficient (Wildman–Crippen LogP) is 6.72. The Bertz CT molecular complexity index is 607. The van der Waals surface area contributed by atoms with Crippen LogP contribution in [0.5, 0.6) is 5.75 Å². The Morgan fingerprint density at radius 3 is 2.33 bits per heavy atom. The van der Waals surface area contributed by atoms with E-state index in [2.05, 4.69) is 20.8 Å². The monoisotopic (exact) mass is 328 g/mol. The van der Waals surface area contributed by atoms with Crippen molar-refractivity contribution in [1.29, 1.82) is 0 Å². The van der Waals surface area contributed by atoms with Gasteiger partial charge in [-0.25, -0.2) is 4.39 Å². The smallest absolute Gasteiger partial charge is 0.165 e. The predicted molar refractivity (Wildman–Crippen MR) is 99.8 cm³/mol. The van der Waals surface area contributed by atoms with Crippen molar-refractivity contribution in [3.8, 4) is 16.9 Å². The summed E-state index contributed by atoms with van der Waals surface area (Å²) < 4.78 is 19.7. The van der Waals surface area contributed by atoms with Gasteiger partial charge in [0.15, 0.2) is 11.6 Å². The Balaban J connectivity index is 1.86. The van der Waals surface area contributed by atoms with Crippen molar-refractivity contribution < 1.29 is 9.13 Å². The van der Waals surface area contributed by atoms with Crippen LogP contribution >= 0.6 is 0 Å². The highest BCUT2D eigenvalue weighted by atomic mass is 19.1. The molecule has 0 aliphatic heterocycles. The normalized spacial score (nSPS) is 12.4. The first-order valence-corrected chi connectivity index (χ1v) is 9.04. The molecule has 2 rings (SSSR count). The minimum Gasteiger partial charge on any atom is -0.490 e. The summed E-state index contributed by atoms with van der Waals surface area (Å²) in [5.41, 5.74) is 2.06. The zero-order chi connectivity index (χ0) is 17.4. The minimum absolute atomic E-state index is 0.290. The summed E-state index contributed by atoms with van der Waals surface area (Å²) in [6.07, 6.45) is 4.72. The molecule has 24 heavy (non-hydrogen) atoms. The van der Waals surface area contributed by atoms with E-state index in [4.69, 9.17) is 4.74 Å². The zero-order valence-corrected chi connectivity index (χ0v) is 15.1. The summed E-state index contributed by atoms with van der Waals surface area (Å²) in [4.78, 5) is 0. The van der Waals surface area contributed by atoms with Crippen LogP contribution in [0, 0.1) is 17.7 Å². The molecule has 0 amide bonds. The lowest BCUT2D eigenvalue weighted by atomic mass is 9.98. The van der Waals surface area contributed by atoms with Crippen molar-refractivity contribution in [2.24, 2.45) is 11.8 Å². The van der Waals surface area contributed by atoms with Crippen LogP contribution in [-0.2, 0) is 0 Å². The molecule has 0 fully saturated rings. The van der Waals surface area contributed by atoms with Gasteiger partial charge in [-0.05, 0) is 41.5 Å². The fourth-order valence-electron chi connectivity index (χ4n) is 2.81. The van der Waals surface area contributed by atoms with Crippen molar-refractivity contribution in [2.45, 2.75) is 46.5 Å². The second-order valence-corrected chi connectivity index (χ2v) is 7.08. The van der Waals surface area contributed by atoms with Crippen LogP contribution in [0.3, 0.4) is 0 Å². The van der Waals surface area contributed by atoms with E-state index in [1.807, 2.05) is 30.3 Å². The van der Waals surface area contributed by atoms with Gasteiger partial charge in [-0.15, -0.1) is 0 Å². The molecule has 0 heterocycles. The molecule has 130 valence electrons. The molecule has 1 unspecified atom stereocenters. The summed E-state index contributed by atoms with van der Waals surface area (Å²) in [5.74, 6) is 1.44. The first kappa shape index (κ1) is 18.5. The molecule has 2 aromatic carbocycles. The molecule has 0 radical (unpaired) electrons. The Morgan fingerprint density at radius 2 is 1.62 bits per heavy atom. The van der Waals surface area contributed by atoms with Crippen molar-refractivity contribution in [1.82, 2.24) is 0 Å². The molecular formula is C22H29FO. The number of hydrogen-bond donors (Lipinski definition) is 0. The summed E-state index contributed by atoms with van der Waals surface area (Å²) in [5, 5.41) is 0. The fraction of sp³-hybridized carbons (Fsp3) is 0.455. The summed E-state index contributed by atoms with van der Waals surface area (Å²) in [6, 6.07) is 15.1. The van der Waals surface area contributed by atoms with Gasteiger partial charge in [0.2, 0.25) is 0 Å². The molecule has 0 spiro atoms. The molecule has 0 aliphatic carbocycles. The maximum Gasteiger partial charge on any atom is 0.165 e. The van der Waals surface area contributed by atoms with E-state index in [0.29, 0.717) is 18.3 Å². The first-order chi connectivity index (χ1) is 11.6. The number of benzene rings is 2. The van der Waals surface area contributed by atoms with Crippen molar-refractivity contribution >= 4 is 0 Å². The third-order valence-corrected chi connectivity index (χ3v) is 4.38. The maximum atomic E-state index is 14.0. The number of ether oxygens (including phenoxy) is 1. The van der Waals surface area contributed by atoms with Crippen molar-refractivity contribution in [2.75, 3.05) is 6.61 Å². The standard InChI is InChI=1S/C22H29FO/c1-17(2)8-7-9-18(3)14-15-24-22-16-20(12-13-21(22)23)19-10-5-4-6-11-19/h4-6,10-13,16-18H,7-9,14-15H2,1-3H3. The third-order valence-electron chi connectivity index (χ3n) is 4.38. The second-order valence-electron chi connectivity index (χ2n) is 7.08. The van der Waals surface area contributed by atoms with E-state index in [0.717, 1.165) is 23.5 Å². The van der Waals surface area contributed by atoms with Gasteiger partial charge in [0.05, 0.1) is 6.61 Å². The van der Waals surface area contributed by atoms with Crippen LogP contribution in [0.4, 0.5) is 4.39 Å². The zero-order valence-electron chi connectivity index (χ0n) is 15.1. The second kappa shape index (κ2) is 9.46. The minimum atomic E-state index is -0.290. The molecule has 0 bridgehead atoms. The van der Waals surface area contributed by atoms with Crippen molar-refractivity contribution in [3.05, 3.63) is 54.3 Å². The lowest BCUT2D eigenvalue weighted by Crippen LogP contribution is -2.05. The third kappa shape index (κ3) is 5.99. The first-order valence-electron chi connectivity index (χ1n) is 9.04. The fourth-order valence-corrected chi connectivity index (χ4v) is 2.81. The Morgan fingerprint density at radius 1 is 0.875 bits per heavy atom. The van der Waals surface area contributed by atoms with Crippen LogP contribution in [0.2, 0.25) is 0 Å². The van der Waals surface area contributed by atoms with E-state index < -0.39 is 0 Å². The van der Waals surface area contributed by atoms with E-state index in [9.17, 15) is 4.39 Å². The van der Waals surface area contributed by atoms with Crippen LogP contribution in [0.1, 0.15) is 46.5 Å². The lowest BCUT2D eigenvalue weighted by molar-refractivity contribution is 0.265. The van der Waals surface area contributed by atoms with Gasteiger partial charge < -0.3 is 4.74 Å². The molecule has 0 saturated carbocycles. The topological polar surface area (TPSA) is 9.23 Å². The van der Waals surface area contributed by atoms with Crippen molar-refractivity contribution in [3.63, 3.8) is 0 Å². The van der Waals surface area contributed by atoms with E-state index in [-0.39, 0.29) is 5.82 Å². The molecular weight excluding hydrogens is 299 g/mol. The average molecular weight is 328 g/mol. The van der Waals surface area contributed by atoms with Gasteiger partial charge in [0.25, 0.3) is 0 Å². The molecule has 1 atom stereocenters. The molecule has 0 saturated heterocycles. The maximum absolute atomic E-state index is 14.0. The van der Waals surface area contributed by atoms with Crippen LogP contribution in [-0.4, -0.2) is 6.61 Å². The number of rotatable bonds is 9. The molecule has 2 aromatic rings. The van der Waals surface area contributed by atoms with Gasteiger partial charge in [0.1, 0.15) is 0 Å². The number of halogens is 1. The summed E-state index contributed by atoms with van der Waals surface area (Å²) in [7, 11) is 0. The Labute approximate surface area is 145 Å². The lowest BCUT2D eigenvalue weighted by Gasteiger charge is -2.14. The van der Waals surface area contributed by atoms with Gasteiger partial charge in [-0.2, -0.15) is 0 Å². The average Bonchev–Trinajstić information content (AvgIpc) is 2.57. The summed E-state index contributed by atoms with van der Waals surface area (Å²) >= 11 is 0. The Hall–Kier alpha value is -1.83. The summed E-state index contributed by atoms with van der Waals surface area (Å²) in [6.45, 7) is 7.34. The molecule has 1 nitrogen and oxygen atoms in total. The van der Waals surface area contributed by atoms with Crippen LogP contribution in [0.25, 0.3) is 11.1 Å². The highest BCUT2D eigenvalue weighted by Crippen LogP contribution is 2.27. The highest BCUT2D eigenvalue weighted by Gasteiger charge is 2.08. The van der Waals surface area contributed by atoms with Gasteiger partial charge >= 0.3 is 0 Å². The van der Waals surface area contributed by atoms with E-state index in [1.54, 1.807) is 12.1 Å². The SMILES string of the molecule is CC(C)CCCC(C)CCOc1cc(-c2ccccc2)ccc1F. The van der Waals surface area contributed by atoms with Crippen LogP contribution < -0.4 is 4.74 Å². The quantitative estimate of drug-likeness (QED) is 0.496. The number of hydrogen-bond acceptors (Lipinski definition) is 1. The van der Waals surface area contributed by atoms with E-state index >= 15 is 0 Å². The molecule has 0 aliphatic rings. The van der Waals surface area contributed by atoms with Crippen LogP contribution in [0.15, 0.2) is 48.5 Å². The largest absolute Gasteiger partial charge is 0.490 e. The van der Waals surface area contributed by atoms with E-state index in [1.165, 1.54) is 25.3 Å². The van der Waals surface area contributed by atoms with Gasteiger partial charge in [-0.3, -0.25) is 0 Å². The van der Waals surface area contributed by atoms with Gasteiger partial charge in [0, 0.05) is 0 Å².